The van der Waals surface area contributed by atoms with Gasteiger partial charge in [-0.1, -0.05) is 29.4 Å². The van der Waals surface area contributed by atoms with E-state index in [1.807, 2.05) is 38.1 Å². The molecule has 0 spiro atoms. The molecule has 1 aromatic carbocycles. The number of nitrogens with zero attached hydrogens (tertiary/aromatic N) is 2. The maximum absolute atomic E-state index is 5.65. The molecule has 4 heteroatoms. The van der Waals surface area contributed by atoms with Crippen LogP contribution in [0.4, 0.5) is 0 Å². The first-order valence-corrected chi connectivity index (χ1v) is 4.83. The van der Waals surface area contributed by atoms with Crippen LogP contribution in [0.3, 0.4) is 0 Å². The quantitative estimate of drug-likeness (QED) is 0.811. The summed E-state index contributed by atoms with van der Waals surface area (Å²) < 4.78 is 5.05. The third-order valence-electron chi connectivity index (χ3n) is 2.22. The van der Waals surface area contributed by atoms with E-state index in [-0.39, 0.29) is 6.04 Å². The van der Waals surface area contributed by atoms with Gasteiger partial charge in [0.15, 0.2) is 0 Å². The monoisotopic (exact) mass is 203 g/mol. The lowest BCUT2D eigenvalue weighted by atomic mass is 10.1. The summed E-state index contributed by atoms with van der Waals surface area (Å²) in [6, 6.07) is 7.67. The predicted octanol–water partition coefficient (Wildman–Crippen LogP) is 2.06. The van der Waals surface area contributed by atoms with Crippen molar-refractivity contribution < 1.29 is 4.52 Å². The predicted molar refractivity (Wildman–Crippen MR) is 57.1 cm³/mol. The van der Waals surface area contributed by atoms with Crippen LogP contribution in [0.2, 0.25) is 0 Å². The minimum atomic E-state index is -0.227. The van der Waals surface area contributed by atoms with Crippen molar-refractivity contribution in [1.82, 2.24) is 10.1 Å². The maximum atomic E-state index is 5.65. The number of hydrogen-bond donors (Lipinski definition) is 1. The minimum Gasteiger partial charge on any atom is -0.337 e. The van der Waals surface area contributed by atoms with Crippen LogP contribution in [0.1, 0.15) is 24.4 Å². The van der Waals surface area contributed by atoms with Crippen LogP contribution < -0.4 is 5.73 Å². The average molecular weight is 203 g/mol. The standard InChI is InChI=1S/C11H13N3O/c1-7-5-3-4-6-9(7)10-13-11(8(2)12)15-14-10/h3-6,8H,12H2,1-2H3. The first-order chi connectivity index (χ1) is 7.18. The van der Waals surface area contributed by atoms with Gasteiger partial charge in [-0.3, -0.25) is 0 Å². The van der Waals surface area contributed by atoms with E-state index in [2.05, 4.69) is 10.1 Å². The van der Waals surface area contributed by atoms with E-state index >= 15 is 0 Å². The molecule has 1 aromatic heterocycles. The number of aromatic nitrogens is 2. The second-order valence-electron chi connectivity index (χ2n) is 3.56. The molecule has 1 heterocycles. The van der Waals surface area contributed by atoms with Crippen LogP contribution >= 0.6 is 0 Å². The molecule has 0 fully saturated rings. The molecule has 0 aliphatic heterocycles. The fourth-order valence-electron chi connectivity index (χ4n) is 1.35. The third kappa shape index (κ3) is 1.89. The van der Waals surface area contributed by atoms with E-state index in [0.29, 0.717) is 11.7 Å². The highest BCUT2D eigenvalue weighted by molar-refractivity contribution is 5.58. The van der Waals surface area contributed by atoms with Crippen LogP contribution in [0.25, 0.3) is 11.4 Å². The van der Waals surface area contributed by atoms with Crippen molar-refractivity contribution in [3.63, 3.8) is 0 Å². The molecule has 4 nitrogen and oxygen atoms in total. The molecule has 1 unspecified atom stereocenters. The van der Waals surface area contributed by atoms with Gasteiger partial charge in [0.25, 0.3) is 0 Å². The minimum absolute atomic E-state index is 0.227. The van der Waals surface area contributed by atoms with Crippen LogP contribution in [0, 0.1) is 6.92 Å². The molecule has 0 bridgehead atoms. The van der Waals surface area contributed by atoms with Crippen molar-refractivity contribution in [1.29, 1.82) is 0 Å². The summed E-state index contributed by atoms with van der Waals surface area (Å²) in [5.41, 5.74) is 7.75. The molecule has 0 aliphatic carbocycles. The summed E-state index contributed by atoms with van der Waals surface area (Å²) in [7, 11) is 0. The van der Waals surface area contributed by atoms with E-state index in [4.69, 9.17) is 10.3 Å². The summed E-state index contributed by atoms with van der Waals surface area (Å²) in [5, 5.41) is 3.90. The molecule has 0 amide bonds. The van der Waals surface area contributed by atoms with E-state index < -0.39 is 0 Å². The molecular formula is C11H13N3O. The number of hydrogen-bond acceptors (Lipinski definition) is 4. The van der Waals surface area contributed by atoms with E-state index in [1.54, 1.807) is 0 Å². The Bertz CT molecular complexity index is 462. The smallest absolute Gasteiger partial charge is 0.243 e. The van der Waals surface area contributed by atoms with Crippen molar-refractivity contribution >= 4 is 0 Å². The first kappa shape index (κ1) is 9.86. The summed E-state index contributed by atoms with van der Waals surface area (Å²) in [6.45, 7) is 3.83. The topological polar surface area (TPSA) is 64.9 Å². The van der Waals surface area contributed by atoms with Gasteiger partial charge in [0.05, 0.1) is 6.04 Å². The maximum Gasteiger partial charge on any atom is 0.243 e. The molecule has 0 saturated carbocycles. The Kier molecular flexibility index (Phi) is 2.51. The fourth-order valence-corrected chi connectivity index (χ4v) is 1.35. The Balaban J connectivity index is 2.42. The van der Waals surface area contributed by atoms with Crippen LogP contribution in [-0.4, -0.2) is 10.1 Å². The van der Waals surface area contributed by atoms with Crippen LogP contribution in [0.15, 0.2) is 28.8 Å². The molecule has 0 saturated heterocycles. The number of aryl methyl sites for hydroxylation is 1. The van der Waals surface area contributed by atoms with Gasteiger partial charge in [-0.05, 0) is 19.4 Å². The number of benzene rings is 1. The summed E-state index contributed by atoms with van der Waals surface area (Å²) >= 11 is 0. The van der Waals surface area contributed by atoms with Gasteiger partial charge in [-0.15, -0.1) is 0 Å². The highest BCUT2D eigenvalue weighted by atomic mass is 16.5. The van der Waals surface area contributed by atoms with E-state index in [1.165, 1.54) is 0 Å². The van der Waals surface area contributed by atoms with Crippen molar-refractivity contribution in [2.24, 2.45) is 5.73 Å². The lowest BCUT2D eigenvalue weighted by Crippen LogP contribution is -2.04. The molecule has 0 aliphatic rings. The first-order valence-electron chi connectivity index (χ1n) is 4.83. The van der Waals surface area contributed by atoms with Gasteiger partial charge in [-0.25, -0.2) is 0 Å². The molecule has 2 N–H and O–H groups in total. The number of nitrogens with two attached hydrogens (primary N) is 1. The largest absolute Gasteiger partial charge is 0.337 e. The molecular weight excluding hydrogens is 190 g/mol. The van der Waals surface area contributed by atoms with Gasteiger partial charge in [0, 0.05) is 5.56 Å². The average Bonchev–Trinajstić information content (AvgIpc) is 2.67. The molecule has 2 rings (SSSR count). The van der Waals surface area contributed by atoms with Crippen molar-refractivity contribution in [2.75, 3.05) is 0 Å². The zero-order valence-electron chi connectivity index (χ0n) is 8.77. The summed E-state index contributed by atoms with van der Waals surface area (Å²) in [4.78, 5) is 4.24. The zero-order chi connectivity index (χ0) is 10.8. The zero-order valence-corrected chi connectivity index (χ0v) is 8.77. The van der Waals surface area contributed by atoms with Gasteiger partial charge in [-0.2, -0.15) is 4.98 Å². The highest BCUT2D eigenvalue weighted by Crippen LogP contribution is 2.20. The van der Waals surface area contributed by atoms with E-state index in [0.717, 1.165) is 11.1 Å². The van der Waals surface area contributed by atoms with Gasteiger partial charge in [0.2, 0.25) is 11.7 Å². The number of rotatable bonds is 2. The molecule has 0 radical (unpaired) electrons. The third-order valence-corrected chi connectivity index (χ3v) is 2.22. The highest BCUT2D eigenvalue weighted by Gasteiger charge is 2.12. The van der Waals surface area contributed by atoms with Crippen LogP contribution in [0.5, 0.6) is 0 Å². The lowest BCUT2D eigenvalue weighted by molar-refractivity contribution is 0.362. The Labute approximate surface area is 88.1 Å². The van der Waals surface area contributed by atoms with Crippen molar-refractivity contribution in [3.8, 4) is 11.4 Å². The Hall–Kier alpha value is -1.68. The molecule has 78 valence electrons. The van der Waals surface area contributed by atoms with Gasteiger partial charge >= 0.3 is 0 Å². The Morgan fingerprint density at radius 2 is 2.07 bits per heavy atom. The van der Waals surface area contributed by atoms with Gasteiger partial charge in [0.1, 0.15) is 0 Å². The van der Waals surface area contributed by atoms with Crippen molar-refractivity contribution in [2.45, 2.75) is 19.9 Å². The second-order valence-corrected chi connectivity index (χ2v) is 3.56. The van der Waals surface area contributed by atoms with Crippen molar-refractivity contribution in [3.05, 3.63) is 35.7 Å². The van der Waals surface area contributed by atoms with Gasteiger partial charge < -0.3 is 10.3 Å². The summed E-state index contributed by atoms with van der Waals surface area (Å²) in [5.74, 6) is 1.06. The molecule has 2 aromatic rings. The fraction of sp³-hybridized carbons (Fsp3) is 0.273. The Morgan fingerprint density at radius 1 is 1.33 bits per heavy atom. The summed E-state index contributed by atoms with van der Waals surface area (Å²) in [6.07, 6.45) is 0. The van der Waals surface area contributed by atoms with E-state index in [9.17, 15) is 0 Å². The van der Waals surface area contributed by atoms with Crippen LogP contribution in [-0.2, 0) is 0 Å². The molecule has 15 heavy (non-hydrogen) atoms. The lowest BCUT2D eigenvalue weighted by Gasteiger charge is -1.98. The SMILES string of the molecule is Cc1ccccc1-c1noc(C(C)N)n1. The second kappa shape index (κ2) is 3.82. The Morgan fingerprint density at radius 3 is 2.67 bits per heavy atom. The normalized spacial score (nSPS) is 12.7. The molecule has 1 atom stereocenters.